The molecule has 144 valence electrons. The molecule has 0 bridgehead atoms. The van der Waals surface area contributed by atoms with Gasteiger partial charge < -0.3 is 20.3 Å². The molecule has 0 saturated carbocycles. The zero-order valence-electron chi connectivity index (χ0n) is 15.3. The average molecular weight is 381 g/mol. The van der Waals surface area contributed by atoms with Crippen LogP contribution in [0.4, 0.5) is 5.13 Å². The van der Waals surface area contributed by atoms with E-state index < -0.39 is 0 Å². The molecule has 0 aromatic carbocycles. The maximum absolute atomic E-state index is 12.5. The van der Waals surface area contributed by atoms with Crippen LogP contribution in [0.5, 0.6) is 0 Å². The summed E-state index contributed by atoms with van der Waals surface area (Å²) >= 11 is 1.44. The summed E-state index contributed by atoms with van der Waals surface area (Å²) in [4.78, 5) is 30.6. The number of carbonyl (C=O) groups excluding carboxylic acids is 2. The number of anilines is 1. The van der Waals surface area contributed by atoms with E-state index in [-0.39, 0.29) is 17.9 Å². The van der Waals surface area contributed by atoms with Crippen LogP contribution < -0.4 is 10.6 Å². The van der Waals surface area contributed by atoms with E-state index in [0.29, 0.717) is 24.6 Å². The Morgan fingerprint density at radius 2 is 2.15 bits per heavy atom. The van der Waals surface area contributed by atoms with Crippen molar-refractivity contribution >= 4 is 28.3 Å². The van der Waals surface area contributed by atoms with E-state index in [1.165, 1.54) is 11.3 Å². The molecule has 2 aliphatic heterocycles. The van der Waals surface area contributed by atoms with Gasteiger partial charge in [-0.25, -0.2) is 4.98 Å². The summed E-state index contributed by atoms with van der Waals surface area (Å²) in [6.07, 6.45) is 5.68. The Kier molecular flexibility index (Phi) is 6.85. The second-order valence-electron chi connectivity index (χ2n) is 7.00. The summed E-state index contributed by atoms with van der Waals surface area (Å²) < 4.78 is 5.52. The highest BCUT2D eigenvalue weighted by Gasteiger charge is 2.25. The minimum Gasteiger partial charge on any atom is -0.376 e. The van der Waals surface area contributed by atoms with Gasteiger partial charge in [-0.1, -0.05) is 0 Å². The van der Waals surface area contributed by atoms with Crippen molar-refractivity contribution in [1.29, 1.82) is 0 Å². The fraction of sp³-hybridized carbons (Fsp3) is 0.722. The van der Waals surface area contributed by atoms with Crippen LogP contribution in [0, 0.1) is 5.92 Å². The lowest BCUT2D eigenvalue weighted by Gasteiger charge is -2.31. The average Bonchev–Trinajstić information content (AvgIpc) is 3.36. The standard InChI is InChI=1S/C18H28N4O3S/c1-19-18-21-15(12-26-18)17(24)22-8-6-13(7-9-22)4-5-16(23)20-11-14-3-2-10-25-14/h12-14H,2-11H2,1H3,(H,19,21)(H,20,23). The third-order valence-electron chi connectivity index (χ3n) is 5.17. The first-order valence-corrected chi connectivity index (χ1v) is 10.3. The lowest BCUT2D eigenvalue weighted by atomic mass is 9.92. The quantitative estimate of drug-likeness (QED) is 0.757. The molecule has 1 unspecified atom stereocenters. The van der Waals surface area contributed by atoms with Gasteiger partial charge in [0.25, 0.3) is 5.91 Å². The normalized spacial score (nSPS) is 21.0. The molecule has 2 amide bonds. The zero-order valence-corrected chi connectivity index (χ0v) is 16.1. The van der Waals surface area contributed by atoms with E-state index in [9.17, 15) is 9.59 Å². The predicted octanol–water partition coefficient (Wildman–Crippen LogP) is 2.11. The van der Waals surface area contributed by atoms with E-state index in [0.717, 1.165) is 56.9 Å². The fourth-order valence-electron chi connectivity index (χ4n) is 3.53. The van der Waals surface area contributed by atoms with E-state index >= 15 is 0 Å². The van der Waals surface area contributed by atoms with Crippen LogP contribution in [0.3, 0.4) is 0 Å². The Bertz CT molecular complexity index is 607. The number of carbonyl (C=O) groups is 2. The van der Waals surface area contributed by atoms with Crippen molar-refractivity contribution in [3.8, 4) is 0 Å². The van der Waals surface area contributed by atoms with Crippen molar-refractivity contribution in [2.75, 3.05) is 38.6 Å². The summed E-state index contributed by atoms with van der Waals surface area (Å²) in [5.41, 5.74) is 0.520. The minimum atomic E-state index is 0.00973. The van der Waals surface area contributed by atoms with Gasteiger partial charge in [0.1, 0.15) is 5.69 Å². The Labute approximate surface area is 158 Å². The monoisotopic (exact) mass is 380 g/mol. The Morgan fingerprint density at radius 3 is 2.81 bits per heavy atom. The number of thiazole rings is 1. The summed E-state index contributed by atoms with van der Waals surface area (Å²) in [5.74, 6) is 0.632. The van der Waals surface area contributed by atoms with Crippen LogP contribution in [0.25, 0.3) is 0 Å². The van der Waals surface area contributed by atoms with E-state index in [2.05, 4.69) is 15.6 Å². The zero-order chi connectivity index (χ0) is 18.4. The fourth-order valence-corrected chi connectivity index (χ4v) is 4.18. The van der Waals surface area contributed by atoms with Crippen molar-refractivity contribution in [3.63, 3.8) is 0 Å². The molecule has 1 aromatic rings. The lowest BCUT2D eigenvalue weighted by molar-refractivity contribution is -0.122. The van der Waals surface area contributed by atoms with Crippen molar-refractivity contribution in [1.82, 2.24) is 15.2 Å². The number of likely N-dealkylation sites (tertiary alicyclic amines) is 1. The van der Waals surface area contributed by atoms with Crippen LogP contribution in [0.15, 0.2) is 5.38 Å². The number of amides is 2. The van der Waals surface area contributed by atoms with E-state index in [1.54, 1.807) is 12.4 Å². The first-order valence-electron chi connectivity index (χ1n) is 9.46. The third-order valence-corrected chi connectivity index (χ3v) is 6.03. The number of hydrogen-bond donors (Lipinski definition) is 2. The van der Waals surface area contributed by atoms with Crippen molar-refractivity contribution in [3.05, 3.63) is 11.1 Å². The maximum atomic E-state index is 12.5. The topological polar surface area (TPSA) is 83.6 Å². The molecule has 26 heavy (non-hydrogen) atoms. The van der Waals surface area contributed by atoms with E-state index in [4.69, 9.17) is 4.74 Å². The van der Waals surface area contributed by atoms with E-state index in [1.807, 2.05) is 4.90 Å². The van der Waals surface area contributed by atoms with Gasteiger partial charge in [0.15, 0.2) is 5.13 Å². The van der Waals surface area contributed by atoms with Gasteiger partial charge in [-0.15, -0.1) is 11.3 Å². The number of piperidine rings is 1. The molecule has 1 atom stereocenters. The highest BCUT2D eigenvalue weighted by Crippen LogP contribution is 2.24. The number of ether oxygens (including phenoxy) is 1. The van der Waals surface area contributed by atoms with Crippen LogP contribution in [0.2, 0.25) is 0 Å². The van der Waals surface area contributed by atoms with Crippen molar-refractivity contribution < 1.29 is 14.3 Å². The second-order valence-corrected chi connectivity index (χ2v) is 7.86. The molecule has 1 aromatic heterocycles. The number of nitrogens with one attached hydrogen (secondary N) is 2. The number of hydrogen-bond acceptors (Lipinski definition) is 6. The molecule has 0 radical (unpaired) electrons. The highest BCUT2D eigenvalue weighted by molar-refractivity contribution is 7.13. The van der Waals surface area contributed by atoms with Gasteiger partial charge in [-0.05, 0) is 38.0 Å². The van der Waals surface area contributed by atoms with Crippen molar-refractivity contribution in [2.45, 2.75) is 44.6 Å². The van der Waals surface area contributed by atoms with Crippen LogP contribution >= 0.6 is 11.3 Å². The molecule has 0 spiro atoms. The summed E-state index contributed by atoms with van der Waals surface area (Å²) in [6, 6.07) is 0. The SMILES string of the molecule is CNc1nc(C(=O)N2CCC(CCC(=O)NCC3CCCO3)CC2)cs1. The smallest absolute Gasteiger partial charge is 0.273 e. The van der Waals surface area contributed by atoms with Gasteiger partial charge in [0.05, 0.1) is 6.10 Å². The Hall–Kier alpha value is -1.67. The molecule has 2 fully saturated rings. The van der Waals surface area contributed by atoms with Gasteiger partial charge in [0.2, 0.25) is 5.91 Å². The molecule has 8 heteroatoms. The lowest BCUT2D eigenvalue weighted by Crippen LogP contribution is -2.39. The minimum absolute atomic E-state index is 0.00973. The number of rotatable bonds is 7. The summed E-state index contributed by atoms with van der Waals surface area (Å²) in [7, 11) is 1.80. The predicted molar refractivity (Wildman–Crippen MR) is 102 cm³/mol. The Balaban J connectivity index is 1.34. The molecule has 2 N–H and O–H groups in total. The first-order chi connectivity index (χ1) is 12.7. The van der Waals surface area contributed by atoms with Crippen LogP contribution in [-0.4, -0.2) is 61.1 Å². The Morgan fingerprint density at radius 1 is 1.35 bits per heavy atom. The summed E-state index contributed by atoms with van der Waals surface area (Å²) in [5, 5.41) is 8.50. The first kappa shape index (κ1) is 19.1. The van der Waals surface area contributed by atoms with Crippen LogP contribution in [0.1, 0.15) is 49.0 Å². The molecule has 3 rings (SSSR count). The van der Waals surface area contributed by atoms with Gasteiger partial charge in [-0.3, -0.25) is 9.59 Å². The molecule has 2 saturated heterocycles. The summed E-state index contributed by atoms with van der Waals surface area (Å²) in [6.45, 7) is 2.93. The van der Waals surface area contributed by atoms with Gasteiger partial charge in [-0.2, -0.15) is 0 Å². The highest BCUT2D eigenvalue weighted by atomic mass is 32.1. The maximum Gasteiger partial charge on any atom is 0.273 e. The van der Waals surface area contributed by atoms with Gasteiger partial charge >= 0.3 is 0 Å². The molecular formula is C18H28N4O3S. The van der Waals surface area contributed by atoms with Crippen LogP contribution in [-0.2, 0) is 9.53 Å². The molecule has 3 heterocycles. The number of aromatic nitrogens is 1. The second kappa shape index (κ2) is 9.32. The molecule has 7 nitrogen and oxygen atoms in total. The molecule has 0 aliphatic carbocycles. The van der Waals surface area contributed by atoms with Gasteiger partial charge in [0, 0.05) is 45.1 Å². The third kappa shape index (κ3) is 5.17. The number of nitrogens with zero attached hydrogens (tertiary/aromatic N) is 2. The largest absolute Gasteiger partial charge is 0.376 e. The van der Waals surface area contributed by atoms with Crippen molar-refractivity contribution in [2.24, 2.45) is 5.92 Å². The molecular weight excluding hydrogens is 352 g/mol. The molecule has 2 aliphatic rings.